The summed E-state index contributed by atoms with van der Waals surface area (Å²) in [4.78, 5) is 9.70. The van der Waals surface area contributed by atoms with Crippen molar-refractivity contribution in [3.05, 3.63) is 35.9 Å². The van der Waals surface area contributed by atoms with Gasteiger partial charge in [-0.25, -0.2) is 4.98 Å². The van der Waals surface area contributed by atoms with Crippen molar-refractivity contribution in [3.63, 3.8) is 0 Å². The van der Waals surface area contributed by atoms with Crippen molar-refractivity contribution in [3.8, 4) is 0 Å². The van der Waals surface area contributed by atoms with Crippen LogP contribution >= 0.6 is 0 Å². The molecule has 1 fully saturated rings. The summed E-state index contributed by atoms with van der Waals surface area (Å²) in [6.07, 6.45) is 2.45. The second kappa shape index (κ2) is 7.75. The molecule has 1 saturated heterocycles. The predicted octanol–water partition coefficient (Wildman–Crippen LogP) is 2.98. The summed E-state index contributed by atoms with van der Waals surface area (Å²) in [7, 11) is 2.21. The lowest BCUT2D eigenvalue weighted by Gasteiger charge is -2.32. The number of unbranched alkanes of at least 4 members (excludes halogenated alkanes) is 1. The zero-order valence-electron chi connectivity index (χ0n) is 14.4. The fraction of sp³-hybridized carbons (Fsp3) is 0.526. The summed E-state index contributed by atoms with van der Waals surface area (Å²) in [5.41, 5.74) is 2.36. The van der Waals surface area contributed by atoms with Gasteiger partial charge in [0.05, 0.1) is 5.52 Å². The van der Waals surface area contributed by atoms with Crippen LogP contribution in [-0.4, -0.2) is 61.1 Å². The minimum absolute atomic E-state index is 0.999. The molecule has 1 aromatic carbocycles. The number of benzene rings is 1. The van der Waals surface area contributed by atoms with Gasteiger partial charge >= 0.3 is 0 Å². The van der Waals surface area contributed by atoms with Crippen LogP contribution in [0.4, 0.5) is 5.82 Å². The first-order chi connectivity index (χ1) is 11.2. The van der Waals surface area contributed by atoms with Crippen LogP contribution in [0, 0.1) is 6.92 Å². The third-order valence-corrected chi connectivity index (χ3v) is 4.73. The van der Waals surface area contributed by atoms with Crippen LogP contribution in [0.1, 0.15) is 18.4 Å². The van der Waals surface area contributed by atoms with Crippen LogP contribution in [0.5, 0.6) is 0 Å². The molecule has 0 saturated carbocycles. The monoisotopic (exact) mass is 312 g/mol. The van der Waals surface area contributed by atoms with Crippen molar-refractivity contribution in [2.45, 2.75) is 19.8 Å². The Hall–Kier alpha value is -1.65. The van der Waals surface area contributed by atoms with Crippen LogP contribution in [0.2, 0.25) is 0 Å². The van der Waals surface area contributed by atoms with Crippen LogP contribution in [0.25, 0.3) is 10.9 Å². The molecule has 124 valence electrons. The number of nitrogens with one attached hydrogen (secondary N) is 1. The van der Waals surface area contributed by atoms with Crippen molar-refractivity contribution < 1.29 is 0 Å². The molecular weight excluding hydrogens is 284 g/mol. The van der Waals surface area contributed by atoms with Crippen molar-refractivity contribution >= 4 is 16.7 Å². The lowest BCUT2D eigenvalue weighted by molar-refractivity contribution is 0.152. The highest BCUT2D eigenvalue weighted by molar-refractivity contribution is 5.83. The molecule has 0 radical (unpaired) electrons. The van der Waals surface area contributed by atoms with E-state index >= 15 is 0 Å². The molecule has 0 aliphatic carbocycles. The molecule has 0 unspecified atom stereocenters. The third-order valence-electron chi connectivity index (χ3n) is 4.73. The number of likely N-dealkylation sites (N-methyl/N-ethyl adjacent to an activating group) is 1. The van der Waals surface area contributed by atoms with E-state index in [-0.39, 0.29) is 0 Å². The molecular formula is C19H28N4. The van der Waals surface area contributed by atoms with Crippen LogP contribution < -0.4 is 5.32 Å². The molecule has 2 heterocycles. The zero-order valence-corrected chi connectivity index (χ0v) is 14.4. The zero-order chi connectivity index (χ0) is 16.1. The highest BCUT2D eigenvalue weighted by Crippen LogP contribution is 2.19. The fourth-order valence-corrected chi connectivity index (χ4v) is 3.19. The number of hydrogen-bond donors (Lipinski definition) is 1. The maximum absolute atomic E-state index is 4.70. The normalized spacial score (nSPS) is 16.8. The lowest BCUT2D eigenvalue weighted by Crippen LogP contribution is -2.44. The van der Waals surface area contributed by atoms with Gasteiger partial charge in [-0.05, 0) is 51.1 Å². The van der Waals surface area contributed by atoms with Crippen LogP contribution in [-0.2, 0) is 0 Å². The van der Waals surface area contributed by atoms with E-state index < -0.39 is 0 Å². The molecule has 0 bridgehead atoms. The molecule has 1 N–H and O–H groups in total. The summed E-state index contributed by atoms with van der Waals surface area (Å²) in [6.45, 7) is 9.22. The van der Waals surface area contributed by atoms with Gasteiger partial charge in [-0.2, -0.15) is 0 Å². The van der Waals surface area contributed by atoms with Gasteiger partial charge in [0.25, 0.3) is 0 Å². The quantitative estimate of drug-likeness (QED) is 0.831. The number of anilines is 1. The number of hydrogen-bond acceptors (Lipinski definition) is 4. The number of aromatic nitrogens is 1. The van der Waals surface area contributed by atoms with E-state index in [1.54, 1.807) is 0 Å². The Labute approximate surface area is 139 Å². The first-order valence-electron chi connectivity index (χ1n) is 8.73. The first kappa shape index (κ1) is 16.2. The van der Waals surface area contributed by atoms with Crippen molar-refractivity contribution in [1.82, 2.24) is 14.8 Å². The average Bonchev–Trinajstić information content (AvgIpc) is 2.56. The summed E-state index contributed by atoms with van der Waals surface area (Å²) >= 11 is 0. The van der Waals surface area contributed by atoms with E-state index in [0.717, 1.165) is 17.9 Å². The van der Waals surface area contributed by atoms with Gasteiger partial charge in [0.15, 0.2) is 0 Å². The Morgan fingerprint density at radius 1 is 1.09 bits per heavy atom. The topological polar surface area (TPSA) is 31.4 Å². The van der Waals surface area contributed by atoms with Gasteiger partial charge in [0.1, 0.15) is 5.82 Å². The SMILES string of the molecule is Cc1cc(NCCCCN2CCN(C)CC2)nc2ccccc12. The molecule has 23 heavy (non-hydrogen) atoms. The number of rotatable bonds is 6. The van der Waals surface area contributed by atoms with Gasteiger partial charge in [0, 0.05) is 38.1 Å². The maximum atomic E-state index is 4.70. The van der Waals surface area contributed by atoms with Gasteiger partial charge in [-0.3, -0.25) is 0 Å². The van der Waals surface area contributed by atoms with E-state index in [4.69, 9.17) is 4.98 Å². The van der Waals surface area contributed by atoms with Gasteiger partial charge < -0.3 is 15.1 Å². The number of piperazine rings is 1. The standard InChI is InChI=1S/C19H28N4/c1-16-15-19(21-18-8-4-3-7-17(16)18)20-9-5-6-10-23-13-11-22(2)12-14-23/h3-4,7-8,15H,5-6,9-14H2,1-2H3,(H,20,21). The van der Waals surface area contributed by atoms with Gasteiger partial charge in [-0.1, -0.05) is 18.2 Å². The summed E-state index contributed by atoms with van der Waals surface area (Å²) in [5, 5.41) is 4.73. The molecule has 2 aromatic rings. The maximum Gasteiger partial charge on any atom is 0.126 e. The van der Waals surface area contributed by atoms with E-state index in [0.29, 0.717) is 0 Å². The van der Waals surface area contributed by atoms with Gasteiger partial charge in [-0.15, -0.1) is 0 Å². The molecule has 1 aliphatic rings. The van der Waals surface area contributed by atoms with Crippen molar-refractivity contribution in [2.75, 3.05) is 51.6 Å². The third kappa shape index (κ3) is 4.43. The Morgan fingerprint density at radius 3 is 2.70 bits per heavy atom. The molecule has 0 amide bonds. The van der Waals surface area contributed by atoms with Crippen molar-refractivity contribution in [2.24, 2.45) is 0 Å². The average molecular weight is 312 g/mol. The molecule has 0 spiro atoms. The second-order valence-corrected chi connectivity index (χ2v) is 6.62. The Bertz CT molecular complexity index is 632. The second-order valence-electron chi connectivity index (χ2n) is 6.62. The van der Waals surface area contributed by atoms with E-state index in [1.165, 1.54) is 56.5 Å². The van der Waals surface area contributed by atoms with Gasteiger partial charge in [0.2, 0.25) is 0 Å². The Kier molecular flexibility index (Phi) is 5.47. The Morgan fingerprint density at radius 2 is 1.87 bits per heavy atom. The summed E-state index contributed by atoms with van der Waals surface area (Å²) < 4.78 is 0. The van der Waals surface area contributed by atoms with E-state index in [9.17, 15) is 0 Å². The summed E-state index contributed by atoms with van der Waals surface area (Å²) in [5.74, 6) is 1.00. The number of pyridine rings is 1. The molecule has 3 rings (SSSR count). The lowest BCUT2D eigenvalue weighted by atomic mass is 10.1. The Balaban J connectivity index is 1.42. The smallest absolute Gasteiger partial charge is 0.126 e. The molecule has 0 atom stereocenters. The number of aryl methyl sites for hydroxylation is 1. The first-order valence-corrected chi connectivity index (χ1v) is 8.73. The molecule has 4 nitrogen and oxygen atoms in total. The minimum Gasteiger partial charge on any atom is -0.370 e. The highest BCUT2D eigenvalue weighted by Gasteiger charge is 2.12. The summed E-state index contributed by atoms with van der Waals surface area (Å²) in [6, 6.07) is 10.5. The number of fused-ring (bicyclic) bond motifs is 1. The number of nitrogens with zero attached hydrogens (tertiary/aromatic N) is 3. The van der Waals surface area contributed by atoms with Crippen LogP contribution in [0.15, 0.2) is 30.3 Å². The highest BCUT2D eigenvalue weighted by atomic mass is 15.2. The minimum atomic E-state index is 0.999. The fourth-order valence-electron chi connectivity index (χ4n) is 3.19. The molecule has 1 aliphatic heterocycles. The number of para-hydroxylation sites is 1. The predicted molar refractivity (Wildman–Crippen MR) is 98.1 cm³/mol. The van der Waals surface area contributed by atoms with Crippen LogP contribution in [0.3, 0.4) is 0 Å². The largest absolute Gasteiger partial charge is 0.370 e. The molecule has 4 heteroatoms. The van der Waals surface area contributed by atoms with E-state index in [1.807, 2.05) is 0 Å². The van der Waals surface area contributed by atoms with E-state index in [2.05, 4.69) is 59.4 Å². The van der Waals surface area contributed by atoms with Crippen molar-refractivity contribution in [1.29, 1.82) is 0 Å². The molecule has 1 aromatic heterocycles.